The third-order valence-corrected chi connectivity index (χ3v) is 16.6. The first kappa shape index (κ1) is 54.1. The largest absolute Gasteiger partial charge is 0.378 e. The maximum Gasteiger partial charge on any atom is 0.254 e. The number of carbonyl (C=O) groups is 3. The first-order chi connectivity index (χ1) is 37.8. The second kappa shape index (κ2) is 24.2. The summed E-state index contributed by atoms with van der Waals surface area (Å²) < 4.78 is 28.5. The molecule has 3 amide bonds. The van der Waals surface area contributed by atoms with Gasteiger partial charge < -0.3 is 24.3 Å². The molecule has 0 radical (unpaired) electrons. The molecule has 0 spiro atoms. The molecule has 6 heterocycles. The van der Waals surface area contributed by atoms with Gasteiger partial charge in [0.15, 0.2) is 9.84 Å². The number of halogens is 3. The highest BCUT2D eigenvalue weighted by molar-refractivity contribution is 7.91. The van der Waals surface area contributed by atoms with Crippen LogP contribution in [0, 0.1) is 0 Å². The number of hydrogen-bond donors (Lipinski definition) is 0. The van der Waals surface area contributed by atoms with Crippen LogP contribution in [0.1, 0.15) is 31.1 Å². The number of likely N-dealkylation sites (N-methyl/N-ethyl adjacent to an activating group) is 1. The number of aromatic nitrogens is 3. The highest BCUT2D eigenvalue weighted by atomic mass is 35.5. The van der Waals surface area contributed by atoms with Crippen molar-refractivity contribution in [2.45, 2.75) is 0 Å². The Kier molecular flexibility index (Phi) is 16.7. The van der Waals surface area contributed by atoms with Gasteiger partial charge in [0.1, 0.15) is 0 Å². The number of nitrogens with zero attached hydrogens (tertiary/aromatic N) is 7. The summed E-state index contributed by atoms with van der Waals surface area (Å²) in [5.41, 5.74) is 7.90. The topological polar surface area (TPSA) is 146 Å². The molecule has 6 aromatic carbocycles. The molecule has 0 bridgehead atoms. The lowest BCUT2D eigenvalue weighted by Crippen LogP contribution is -2.47. The Hall–Kier alpha value is -7.30. The minimum atomic E-state index is -3.03. The van der Waals surface area contributed by atoms with Crippen LogP contribution in [0.15, 0.2) is 165 Å². The summed E-state index contributed by atoms with van der Waals surface area (Å²) in [7, 11) is -0.939. The number of sulfone groups is 1. The molecule has 12 rings (SSSR count). The predicted octanol–water partition coefficient (Wildman–Crippen LogP) is 11.4. The second-order valence-corrected chi connectivity index (χ2v) is 22.9. The summed E-state index contributed by atoms with van der Waals surface area (Å²) in [5.74, 6) is 0.0343. The lowest BCUT2D eigenvalue weighted by atomic mass is 9.99. The molecule has 3 aromatic heterocycles. The van der Waals surface area contributed by atoms with Gasteiger partial charge in [-0.2, -0.15) is 0 Å². The Morgan fingerprint density at radius 3 is 1.09 bits per heavy atom. The number of ether oxygens (including phenoxy) is 1. The Labute approximate surface area is 467 Å². The summed E-state index contributed by atoms with van der Waals surface area (Å²) in [4.78, 5) is 59.1. The molecule has 9 aromatic rings. The van der Waals surface area contributed by atoms with E-state index < -0.39 is 9.84 Å². The number of amides is 3. The Bertz CT molecular complexity index is 3770. The van der Waals surface area contributed by atoms with Gasteiger partial charge in [-0.15, -0.1) is 0 Å². The smallest absolute Gasteiger partial charge is 0.254 e. The zero-order chi connectivity index (χ0) is 54.3. The first-order valence-electron chi connectivity index (χ1n) is 25.5. The van der Waals surface area contributed by atoms with Crippen molar-refractivity contribution in [3.8, 4) is 33.4 Å². The van der Waals surface area contributed by atoms with E-state index in [0.29, 0.717) is 52.5 Å². The minimum absolute atomic E-state index is 0.0201. The average molecular weight is 1120 g/mol. The molecular formula is C61H54Cl3N7O6S. The van der Waals surface area contributed by atoms with Crippen molar-refractivity contribution >= 4 is 94.7 Å². The third kappa shape index (κ3) is 12.7. The van der Waals surface area contributed by atoms with Crippen molar-refractivity contribution < 1.29 is 27.5 Å². The Morgan fingerprint density at radius 2 is 0.744 bits per heavy atom. The molecular weight excluding hydrogens is 1070 g/mol. The summed E-state index contributed by atoms with van der Waals surface area (Å²) in [6.45, 7) is 6.31. The quantitative estimate of drug-likeness (QED) is 0.158. The second-order valence-electron chi connectivity index (χ2n) is 19.3. The third-order valence-electron chi connectivity index (χ3n) is 14.2. The lowest BCUT2D eigenvalue weighted by molar-refractivity contribution is 0.0303. The molecule has 3 aliphatic rings. The van der Waals surface area contributed by atoms with Gasteiger partial charge in [-0.05, 0) is 113 Å². The predicted molar refractivity (Wildman–Crippen MR) is 311 cm³/mol. The molecule has 3 fully saturated rings. The molecule has 0 N–H and O–H groups in total. The lowest BCUT2D eigenvalue weighted by Gasteiger charge is -2.32. The van der Waals surface area contributed by atoms with Crippen molar-refractivity contribution in [2.75, 3.05) is 84.1 Å². The van der Waals surface area contributed by atoms with Crippen molar-refractivity contribution in [1.82, 2.24) is 34.6 Å². The molecule has 17 heteroatoms. The van der Waals surface area contributed by atoms with Gasteiger partial charge in [0, 0.05) is 154 Å². The number of morpholine rings is 1. The number of piperazine rings is 1. The fourth-order valence-electron chi connectivity index (χ4n) is 9.71. The maximum absolute atomic E-state index is 12.9. The van der Waals surface area contributed by atoms with Gasteiger partial charge in [0.25, 0.3) is 17.7 Å². The standard InChI is InChI=1S/C21H20ClN3O.C20H17ClN2O3S.C20H17ClN2O2/c1-24-8-10-25(11-9-24)21(26)16-2-3-17-13-23-14-20(19(17)12-16)15-4-6-18(22)7-5-15;21-17-5-3-14(4-6-17)19-13-22-12-16-2-1-15(11-18(16)19)20(24)23-7-9-27(25,26)10-8-23;21-17-5-3-14(4-6-17)19-13-22-12-16-2-1-15(11-18(16)19)20(24)23-7-9-25-10-8-23/h2-7,12-14H,8-11H2,1H3;1-6,11-13H,7-10H2;1-6,11-13H,7-10H2. The van der Waals surface area contributed by atoms with Crippen LogP contribution in [0.2, 0.25) is 15.1 Å². The normalized spacial score (nSPS) is 15.5. The highest BCUT2D eigenvalue weighted by Gasteiger charge is 2.27. The molecule has 78 heavy (non-hydrogen) atoms. The van der Waals surface area contributed by atoms with Crippen LogP contribution in [-0.2, 0) is 14.6 Å². The van der Waals surface area contributed by atoms with Gasteiger partial charge in [-0.25, -0.2) is 8.42 Å². The molecule has 0 aliphatic carbocycles. The van der Waals surface area contributed by atoms with E-state index in [1.807, 2.05) is 156 Å². The molecule has 0 unspecified atom stereocenters. The van der Waals surface area contributed by atoms with Gasteiger partial charge in [0.05, 0.1) is 24.7 Å². The zero-order valence-corrected chi connectivity index (χ0v) is 45.8. The Morgan fingerprint density at radius 1 is 0.423 bits per heavy atom. The molecule has 3 saturated heterocycles. The number of hydrogen-bond acceptors (Lipinski definition) is 10. The number of carbonyl (C=O) groups excluding carboxylic acids is 3. The number of benzene rings is 6. The van der Waals surface area contributed by atoms with E-state index in [9.17, 15) is 22.8 Å². The van der Waals surface area contributed by atoms with Gasteiger partial charge in [-0.3, -0.25) is 29.3 Å². The zero-order valence-electron chi connectivity index (χ0n) is 42.7. The molecule has 3 aliphatic heterocycles. The molecule has 0 saturated carbocycles. The van der Waals surface area contributed by atoms with Crippen LogP contribution in [-0.4, -0.2) is 145 Å². The van der Waals surface area contributed by atoms with Gasteiger partial charge in [0.2, 0.25) is 0 Å². The van der Waals surface area contributed by atoms with Crippen LogP contribution in [0.5, 0.6) is 0 Å². The van der Waals surface area contributed by atoms with Crippen molar-refractivity contribution in [3.05, 3.63) is 196 Å². The van der Waals surface area contributed by atoms with Crippen LogP contribution >= 0.6 is 34.8 Å². The number of pyridine rings is 3. The van der Waals surface area contributed by atoms with Crippen molar-refractivity contribution in [3.63, 3.8) is 0 Å². The monoisotopic (exact) mass is 1120 g/mol. The average Bonchev–Trinajstić information content (AvgIpc) is 3.55. The molecule has 396 valence electrons. The summed E-state index contributed by atoms with van der Waals surface area (Å²) in [6, 6.07) is 40.0. The number of fused-ring (bicyclic) bond motifs is 3. The fourth-order valence-corrected chi connectivity index (χ4v) is 11.3. The molecule has 0 atom stereocenters. The summed E-state index contributed by atoms with van der Waals surface area (Å²) in [5, 5.41) is 7.97. The van der Waals surface area contributed by atoms with E-state index >= 15 is 0 Å². The van der Waals surface area contributed by atoms with Crippen molar-refractivity contribution in [2.24, 2.45) is 0 Å². The van der Waals surface area contributed by atoms with Crippen molar-refractivity contribution in [1.29, 1.82) is 0 Å². The summed E-state index contributed by atoms with van der Waals surface area (Å²) in [6.07, 6.45) is 10.9. The van der Waals surface area contributed by atoms with E-state index in [4.69, 9.17) is 39.5 Å². The van der Waals surface area contributed by atoms with E-state index in [1.54, 1.807) is 23.4 Å². The molecule has 13 nitrogen and oxygen atoms in total. The summed E-state index contributed by atoms with van der Waals surface area (Å²) >= 11 is 18.0. The van der Waals surface area contributed by atoms with Crippen LogP contribution < -0.4 is 0 Å². The van der Waals surface area contributed by atoms with Crippen LogP contribution in [0.3, 0.4) is 0 Å². The maximum atomic E-state index is 12.9. The van der Waals surface area contributed by atoms with Crippen LogP contribution in [0.25, 0.3) is 65.7 Å². The minimum Gasteiger partial charge on any atom is -0.378 e. The first-order valence-corrected chi connectivity index (χ1v) is 28.5. The Balaban J connectivity index is 0.000000132. The van der Waals surface area contributed by atoms with Gasteiger partial charge in [-0.1, -0.05) is 89.4 Å². The van der Waals surface area contributed by atoms with E-state index in [0.717, 1.165) is 97.4 Å². The van der Waals surface area contributed by atoms with E-state index in [-0.39, 0.29) is 42.3 Å². The number of rotatable bonds is 6. The highest BCUT2D eigenvalue weighted by Crippen LogP contribution is 2.33. The van der Waals surface area contributed by atoms with Crippen LogP contribution in [0.4, 0.5) is 0 Å². The van der Waals surface area contributed by atoms with E-state index in [1.165, 1.54) is 0 Å². The fraction of sp³-hybridized carbons (Fsp3) is 0.213. The van der Waals surface area contributed by atoms with Gasteiger partial charge >= 0.3 is 0 Å². The SMILES string of the molecule is CN1CCN(C(=O)c2ccc3cncc(-c4ccc(Cl)cc4)c3c2)CC1.O=C(c1ccc2cncc(-c3ccc(Cl)cc3)c2c1)N1CCOCC1.O=C(c1ccc2cncc(-c3ccc(Cl)cc3)c2c1)N1CCS(=O)(=O)CC1. The van der Waals surface area contributed by atoms with E-state index in [2.05, 4.69) is 26.9 Å².